The summed E-state index contributed by atoms with van der Waals surface area (Å²) < 4.78 is 11.2. The fourth-order valence-corrected chi connectivity index (χ4v) is 5.96. The number of fused-ring (bicyclic) bond motifs is 1. The first-order valence-corrected chi connectivity index (χ1v) is 13.4. The standard InChI is InChI=1S/C31H34N2O4/c34-30(33-14-4-7-25(10-15-33)24-5-2-1-3-6-24)29-20-26-19-27(8-9-28(26)37-29)31(35)12-16-32(17-13-31)21-23-11-18-36-22-23/h1-3,5-6,8-9,11,18-20,22,25,35H,4,7,10,12-17,21H2/t25-/m1/s1. The van der Waals surface area contributed by atoms with Crippen LogP contribution in [-0.4, -0.2) is 47.0 Å². The van der Waals surface area contributed by atoms with Gasteiger partial charge >= 0.3 is 0 Å². The van der Waals surface area contributed by atoms with Crippen LogP contribution < -0.4 is 0 Å². The Labute approximate surface area is 217 Å². The number of aliphatic hydroxyl groups is 1. The van der Waals surface area contributed by atoms with Crippen molar-refractivity contribution in [1.29, 1.82) is 0 Å². The zero-order valence-corrected chi connectivity index (χ0v) is 21.1. The first kappa shape index (κ1) is 24.0. The van der Waals surface area contributed by atoms with E-state index in [0.717, 1.165) is 68.5 Å². The van der Waals surface area contributed by atoms with Gasteiger partial charge in [-0.15, -0.1) is 0 Å². The molecular formula is C31H34N2O4. The maximum absolute atomic E-state index is 13.4. The molecule has 0 unspecified atom stereocenters. The molecule has 6 rings (SSSR count). The van der Waals surface area contributed by atoms with Crippen LogP contribution >= 0.6 is 0 Å². The van der Waals surface area contributed by atoms with E-state index >= 15 is 0 Å². The minimum absolute atomic E-state index is 0.0438. The summed E-state index contributed by atoms with van der Waals surface area (Å²) in [7, 11) is 0. The fourth-order valence-electron chi connectivity index (χ4n) is 5.96. The molecule has 4 heterocycles. The number of piperidine rings is 1. The molecule has 0 radical (unpaired) electrons. The van der Waals surface area contributed by atoms with Crippen LogP contribution in [0.1, 0.15) is 65.3 Å². The largest absolute Gasteiger partial charge is 0.472 e. The second-order valence-electron chi connectivity index (χ2n) is 10.6. The third-order valence-electron chi connectivity index (χ3n) is 8.22. The molecule has 0 saturated carbocycles. The lowest BCUT2D eigenvalue weighted by Crippen LogP contribution is -2.42. The van der Waals surface area contributed by atoms with E-state index in [0.29, 0.717) is 30.1 Å². The van der Waals surface area contributed by atoms with Crippen LogP contribution in [0, 0.1) is 0 Å². The van der Waals surface area contributed by atoms with Gasteiger partial charge in [-0.25, -0.2) is 0 Å². The second kappa shape index (κ2) is 10.2. The lowest BCUT2D eigenvalue weighted by atomic mass is 9.84. The van der Waals surface area contributed by atoms with Crippen molar-refractivity contribution in [2.45, 2.75) is 50.2 Å². The molecule has 6 heteroatoms. The summed E-state index contributed by atoms with van der Waals surface area (Å²) in [5.41, 5.74) is 3.22. The molecule has 37 heavy (non-hydrogen) atoms. The molecule has 4 aromatic rings. The monoisotopic (exact) mass is 498 g/mol. The third-order valence-corrected chi connectivity index (χ3v) is 8.22. The van der Waals surface area contributed by atoms with Crippen molar-refractivity contribution in [2.75, 3.05) is 26.2 Å². The van der Waals surface area contributed by atoms with E-state index in [1.807, 2.05) is 41.3 Å². The van der Waals surface area contributed by atoms with Gasteiger partial charge < -0.3 is 18.8 Å². The van der Waals surface area contributed by atoms with Crippen LogP contribution in [0.4, 0.5) is 0 Å². The predicted molar refractivity (Wildman–Crippen MR) is 142 cm³/mol. The van der Waals surface area contributed by atoms with Crippen molar-refractivity contribution in [3.63, 3.8) is 0 Å². The smallest absolute Gasteiger partial charge is 0.289 e. The van der Waals surface area contributed by atoms with Gasteiger partial charge in [-0.2, -0.15) is 0 Å². The minimum atomic E-state index is -0.875. The van der Waals surface area contributed by atoms with E-state index in [9.17, 15) is 9.90 Å². The van der Waals surface area contributed by atoms with Gasteiger partial charge in [0.05, 0.1) is 18.1 Å². The molecule has 2 aliphatic rings. The SMILES string of the molecule is O=C(c1cc2cc(C3(O)CCN(Cc4ccoc4)CC3)ccc2o1)N1CCC[C@@H](c2ccccc2)CC1. The van der Waals surface area contributed by atoms with Gasteiger partial charge in [-0.1, -0.05) is 36.4 Å². The molecular weight excluding hydrogens is 464 g/mol. The highest BCUT2D eigenvalue weighted by Crippen LogP contribution is 2.36. The van der Waals surface area contributed by atoms with E-state index in [1.54, 1.807) is 12.5 Å². The van der Waals surface area contributed by atoms with Gasteiger partial charge in [-0.3, -0.25) is 9.69 Å². The number of carbonyl (C=O) groups excluding carboxylic acids is 1. The highest BCUT2D eigenvalue weighted by atomic mass is 16.3. The normalized spacial score (nSPS) is 20.7. The van der Waals surface area contributed by atoms with Gasteiger partial charge in [0.25, 0.3) is 5.91 Å². The molecule has 1 atom stereocenters. The van der Waals surface area contributed by atoms with Crippen molar-refractivity contribution in [3.8, 4) is 0 Å². The van der Waals surface area contributed by atoms with Crippen LogP contribution in [0.15, 0.2) is 82.0 Å². The molecule has 0 aliphatic carbocycles. The topological polar surface area (TPSA) is 70.1 Å². The average molecular weight is 499 g/mol. The lowest BCUT2D eigenvalue weighted by Gasteiger charge is -2.38. The molecule has 2 saturated heterocycles. The van der Waals surface area contributed by atoms with Gasteiger partial charge in [0.1, 0.15) is 5.58 Å². The van der Waals surface area contributed by atoms with Crippen molar-refractivity contribution in [1.82, 2.24) is 9.80 Å². The number of hydrogen-bond donors (Lipinski definition) is 1. The van der Waals surface area contributed by atoms with E-state index < -0.39 is 5.60 Å². The zero-order chi connectivity index (χ0) is 25.2. The summed E-state index contributed by atoms with van der Waals surface area (Å²) in [6, 6.07) is 20.3. The Bertz CT molecular complexity index is 1340. The Morgan fingerprint density at radius 1 is 0.973 bits per heavy atom. The van der Waals surface area contributed by atoms with E-state index in [1.165, 1.54) is 5.56 Å². The maximum Gasteiger partial charge on any atom is 0.289 e. The molecule has 2 aromatic carbocycles. The average Bonchev–Trinajstić information content (AvgIpc) is 3.53. The number of rotatable bonds is 5. The van der Waals surface area contributed by atoms with E-state index in [2.05, 4.69) is 29.2 Å². The third kappa shape index (κ3) is 5.09. The molecule has 2 aliphatic heterocycles. The van der Waals surface area contributed by atoms with Gasteiger partial charge in [0.15, 0.2) is 5.76 Å². The molecule has 1 amide bonds. The summed E-state index contributed by atoms with van der Waals surface area (Å²) in [6.45, 7) is 3.94. The number of amides is 1. The Morgan fingerprint density at radius 2 is 1.81 bits per heavy atom. The van der Waals surface area contributed by atoms with Gasteiger partial charge in [0, 0.05) is 43.7 Å². The first-order chi connectivity index (χ1) is 18.1. The molecule has 2 fully saturated rings. The summed E-state index contributed by atoms with van der Waals surface area (Å²) in [5.74, 6) is 0.828. The quantitative estimate of drug-likeness (QED) is 0.370. The number of likely N-dealkylation sites (tertiary alicyclic amines) is 2. The highest BCUT2D eigenvalue weighted by Gasteiger charge is 2.34. The second-order valence-corrected chi connectivity index (χ2v) is 10.6. The number of carbonyl (C=O) groups is 1. The highest BCUT2D eigenvalue weighted by molar-refractivity contribution is 5.96. The summed E-state index contributed by atoms with van der Waals surface area (Å²) in [6.07, 6.45) is 7.84. The molecule has 2 aromatic heterocycles. The lowest BCUT2D eigenvalue weighted by molar-refractivity contribution is -0.0276. The molecule has 6 nitrogen and oxygen atoms in total. The fraction of sp³-hybridized carbons (Fsp3) is 0.387. The summed E-state index contributed by atoms with van der Waals surface area (Å²) in [4.78, 5) is 17.6. The van der Waals surface area contributed by atoms with Crippen LogP contribution in [0.25, 0.3) is 11.0 Å². The van der Waals surface area contributed by atoms with Crippen molar-refractivity contribution in [3.05, 3.63) is 95.6 Å². The zero-order valence-electron chi connectivity index (χ0n) is 21.1. The minimum Gasteiger partial charge on any atom is -0.472 e. The summed E-state index contributed by atoms with van der Waals surface area (Å²) >= 11 is 0. The number of nitrogens with zero attached hydrogens (tertiary/aromatic N) is 2. The van der Waals surface area contributed by atoms with Crippen LogP contribution in [0.3, 0.4) is 0 Å². The molecule has 192 valence electrons. The Balaban J connectivity index is 1.12. The number of hydrogen-bond acceptors (Lipinski definition) is 5. The molecule has 1 N–H and O–H groups in total. The van der Waals surface area contributed by atoms with Crippen molar-refractivity contribution >= 4 is 16.9 Å². The Kier molecular flexibility index (Phi) is 6.61. The first-order valence-electron chi connectivity index (χ1n) is 13.4. The maximum atomic E-state index is 13.4. The molecule has 0 bridgehead atoms. The van der Waals surface area contributed by atoms with E-state index in [4.69, 9.17) is 8.83 Å². The molecule has 0 spiro atoms. The van der Waals surface area contributed by atoms with Gasteiger partial charge in [0.2, 0.25) is 0 Å². The van der Waals surface area contributed by atoms with Crippen LogP contribution in [-0.2, 0) is 12.1 Å². The van der Waals surface area contributed by atoms with Gasteiger partial charge in [-0.05, 0) is 73.4 Å². The number of benzene rings is 2. The Morgan fingerprint density at radius 3 is 2.59 bits per heavy atom. The summed E-state index contributed by atoms with van der Waals surface area (Å²) in [5, 5.41) is 12.3. The number of furan rings is 2. The van der Waals surface area contributed by atoms with Crippen LogP contribution in [0.5, 0.6) is 0 Å². The van der Waals surface area contributed by atoms with Crippen molar-refractivity contribution < 1.29 is 18.7 Å². The van der Waals surface area contributed by atoms with Crippen molar-refractivity contribution in [2.24, 2.45) is 0 Å². The van der Waals surface area contributed by atoms with E-state index in [-0.39, 0.29) is 5.91 Å². The van der Waals surface area contributed by atoms with Crippen LogP contribution in [0.2, 0.25) is 0 Å². The Hall–Kier alpha value is -3.35. The predicted octanol–water partition coefficient (Wildman–Crippen LogP) is 5.92.